The van der Waals surface area contributed by atoms with Gasteiger partial charge < -0.3 is 19.5 Å². The number of fused-ring (bicyclic) bond motifs is 1. The van der Waals surface area contributed by atoms with Crippen LogP contribution in [0.4, 0.5) is 5.69 Å². The normalized spacial score (nSPS) is 35.0. The number of methoxy groups -OCH3 is 1. The minimum atomic E-state index is -0.980. The summed E-state index contributed by atoms with van der Waals surface area (Å²) in [5.74, 6) is -1.92. The smallest absolute Gasteiger partial charge is 0.310 e. The molecule has 114 valence electrons. The van der Waals surface area contributed by atoms with Crippen LogP contribution in [0.1, 0.15) is 0 Å². The van der Waals surface area contributed by atoms with Crippen molar-refractivity contribution < 1.29 is 24.2 Å². The molecule has 1 aromatic rings. The predicted octanol–water partition coefficient (Wildman–Crippen LogP) is 1.07. The van der Waals surface area contributed by atoms with Crippen molar-refractivity contribution in [3.63, 3.8) is 0 Å². The van der Waals surface area contributed by atoms with E-state index in [9.17, 15) is 14.7 Å². The van der Waals surface area contributed by atoms with Crippen LogP contribution in [0, 0.1) is 11.8 Å². The van der Waals surface area contributed by atoms with Crippen molar-refractivity contribution >= 4 is 17.6 Å². The van der Waals surface area contributed by atoms with Gasteiger partial charge in [0.05, 0.1) is 25.7 Å². The number of aliphatic carboxylic acids is 1. The van der Waals surface area contributed by atoms with E-state index in [1.54, 1.807) is 42.4 Å². The largest absolute Gasteiger partial charge is 0.497 e. The molecular weight excluding hydrogens is 286 g/mol. The summed E-state index contributed by atoms with van der Waals surface area (Å²) in [6.45, 7) is 0.347. The molecule has 2 saturated heterocycles. The molecule has 2 bridgehead atoms. The maximum absolute atomic E-state index is 12.8. The van der Waals surface area contributed by atoms with Crippen molar-refractivity contribution in [3.05, 3.63) is 36.4 Å². The molecule has 3 aliphatic heterocycles. The third-order valence-electron chi connectivity index (χ3n) is 4.77. The van der Waals surface area contributed by atoms with Gasteiger partial charge in [-0.15, -0.1) is 0 Å². The van der Waals surface area contributed by atoms with Crippen LogP contribution in [0.3, 0.4) is 0 Å². The molecule has 0 unspecified atom stereocenters. The van der Waals surface area contributed by atoms with E-state index in [2.05, 4.69) is 0 Å². The second-order valence-electron chi connectivity index (χ2n) is 5.86. The molecule has 1 aromatic carbocycles. The Morgan fingerprint density at radius 3 is 2.77 bits per heavy atom. The van der Waals surface area contributed by atoms with Crippen LogP contribution < -0.4 is 9.64 Å². The Kier molecular flexibility index (Phi) is 2.62. The van der Waals surface area contributed by atoms with Gasteiger partial charge >= 0.3 is 5.97 Å². The number of nitrogens with zero attached hydrogens (tertiary/aromatic N) is 1. The molecule has 2 fully saturated rings. The number of carboxylic acids is 1. The first-order valence-corrected chi connectivity index (χ1v) is 7.11. The maximum Gasteiger partial charge on any atom is 0.310 e. The number of carbonyl (C=O) groups excluding carboxylic acids is 1. The van der Waals surface area contributed by atoms with Crippen molar-refractivity contribution in [3.8, 4) is 5.75 Å². The lowest BCUT2D eigenvalue weighted by Crippen LogP contribution is -2.39. The van der Waals surface area contributed by atoms with Crippen LogP contribution in [0.25, 0.3) is 0 Å². The molecule has 6 heteroatoms. The quantitative estimate of drug-likeness (QED) is 0.845. The van der Waals surface area contributed by atoms with Gasteiger partial charge in [0.1, 0.15) is 17.3 Å². The van der Waals surface area contributed by atoms with Crippen LogP contribution in [0.5, 0.6) is 5.75 Å². The van der Waals surface area contributed by atoms with Crippen molar-refractivity contribution in [1.82, 2.24) is 0 Å². The summed E-state index contributed by atoms with van der Waals surface area (Å²) in [5, 5.41) is 9.42. The van der Waals surface area contributed by atoms with E-state index in [1.807, 2.05) is 6.08 Å². The average molecular weight is 301 g/mol. The number of hydrogen-bond donors (Lipinski definition) is 1. The van der Waals surface area contributed by atoms with Crippen LogP contribution in [-0.2, 0) is 14.3 Å². The Labute approximate surface area is 126 Å². The Bertz CT molecular complexity index is 682. The van der Waals surface area contributed by atoms with E-state index in [0.717, 1.165) is 5.69 Å². The van der Waals surface area contributed by atoms with Gasteiger partial charge in [0.15, 0.2) is 0 Å². The zero-order chi connectivity index (χ0) is 15.5. The molecule has 4 rings (SSSR count). The van der Waals surface area contributed by atoms with Crippen LogP contribution in [0.2, 0.25) is 0 Å². The van der Waals surface area contributed by atoms with Crippen molar-refractivity contribution in [2.75, 3.05) is 18.6 Å². The monoisotopic (exact) mass is 301 g/mol. The molecule has 3 aliphatic rings. The van der Waals surface area contributed by atoms with Gasteiger partial charge in [-0.1, -0.05) is 12.2 Å². The number of ether oxygens (including phenoxy) is 2. The third kappa shape index (κ3) is 1.58. The number of carbonyl (C=O) groups is 2. The molecule has 1 amide bonds. The van der Waals surface area contributed by atoms with Gasteiger partial charge in [0, 0.05) is 5.69 Å². The number of anilines is 1. The van der Waals surface area contributed by atoms with Crippen molar-refractivity contribution in [2.45, 2.75) is 11.7 Å². The van der Waals surface area contributed by atoms with Gasteiger partial charge in [-0.2, -0.15) is 0 Å². The first-order valence-electron chi connectivity index (χ1n) is 7.11. The summed E-state index contributed by atoms with van der Waals surface area (Å²) >= 11 is 0. The molecule has 1 N–H and O–H groups in total. The maximum atomic E-state index is 12.8. The number of benzene rings is 1. The predicted molar refractivity (Wildman–Crippen MR) is 76.7 cm³/mol. The lowest BCUT2D eigenvalue weighted by atomic mass is 9.77. The fourth-order valence-corrected chi connectivity index (χ4v) is 3.76. The van der Waals surface area contributed by atoms with Crippen molar-refractivity contribution in [1.29, 1.82) is 0 Å². The summed E-state index contributed by atoms with van der Waals surface area (Å²) in [6.07, 6.45) is 3.12. The highest BCUT2D eigenvalue weighted by Crippen LogP contribution is 2.52. The van der Waals surface area contributed by atoms with E-state index < -0.39 is 29.5 Å². The zero-order valence-electron chi connectivity index (χ0n) is 11.9. The topological polar surface area (TPSA) is 76.1 Å². The summed E-state index contributed by atoms with van der Waals surface area (Å²) in [7, 11) is 1.58. The summed E-state index contributed by atoms with van der Waals surface area (Å²) < 4.78 is 11.0. The molecule has 6 nitrogen and oxygen atoms in total. The van der Waals surface area contributed by atoms with Gasteiger partial charge in [-0.25, -0.2) is 0 Å². The van der Waals surface area contributed by atoms with E-state index in [1.165, 1.54) is 0 Å². The minimum Gasteiger partial charge on any atom is -0.497 e. The molecule has 0 saturated carbocycles. The molecule has 4 atom stereocenters. The van der Waals surface area contributed by atoms with Crippen molar-refractivity contribution in [2.24, 2.45) is 11.8 Å². The molecule has 0 aliphatic carbocycles. The highest BCUT2D eigenvalue weighted by molar-refractivity contribution is 6.02. The Balaban J connectivity index is 1.70. The summed E-state index contributed by atoms with van der Waals surface area (Å²) in [5.41, 5.74) is -0.0794. The Hall–Kier alpha value is -2.34. The number of rotatable bonds is 3. The minimum absolute atomic E-state index is 0.190. The third-order valence-corrected chi connectivity index (χ3v) is 4.77. The Morgan fingerprint density at radius 2 is 2.14 bits per heavy atom. The average Bonchev–Trinajstić information content (AvgIpc) is 3.15. The highest BCUT2D eigenvalue weighted by atomic mass is 16.5. The number of hydrogen-bond acceptors (Lipinski definition) is 4. The first-order chi connectivity index (χ1) is 10.6. The lowest BCUT2D eigenvalue weighted by molar-refractivity contribution is -0.146. The molecule has 0 aromatic heterocycles. The van der Waals surface area contributed by atoms with E-state index in [4.69, 9.17) is 9.47 Å². The fraction of sp³-hybridized carbons (Fsp3) is 0.375. The fourth-order valence-electron chi connectivity index (χ4n) is 3.76. The van der Waals surface area contributed by atoms with Crippen LogP contribution in [-0.4, -0.2) is 42.3 Å². The van der Waals surface area contributed by atoms with Gasteiger partial charge in [0.25, 0.3) is 0 Å². The Morgan fingerprint density at radius 1 is 1.41 bits per heavy atom. The highest BCUT2D eigenvalue weighted by Gasteiger charge is 2.67. The van der Waals surface area contributed by atoms with E-state index in [0.29, 0.717) is 12.3 Å². The zero-order valence-corrected chi connectivity index (χ0v) is 11.9. The molecule has 1 spiro atoms. The standard InChI is InChI=1S/C16H15NO5/c1-21-10-4-2-9(3-5-10)17-8-16-7-6-11(22-16)12(15(19)20)13(16)14(17)18/h2-7,11-13H,8H2,1H3,(H,19,20)/t11-,12-,13+,16-/m1/s1. The van der Waals surface area contributed by atoms with Crippen LogP contribution in [0.15, 0.2) is 36.4 Å². The molecular formula is C16H15NO5. The number of carboxylic acid groups (broad SMARTS) is 1. The lowest BCUT2D eigenvalue weighted by Gasteiger charge is -2.21. The van der Waals surface area contributed by atoms with E-state index in [-0.39, 0.29) is 5.91 Å². The summed E-state index contributed by atoms with van der Waals surface area (Å²) in [6, 6.07) is 7.13. The second-order valence-corrected chi connectivity index (χ2v) is 5.86. The van der Waals surface area contributed by atoms with E-state index >= 15 is 0 Å². The van der Waals surface area contributed by atoms with Gasteiger partial charge in [-0.3, -0.25) is 9.59 Å². The summed E-state index contributed by atoms with van der Waals surface area (Å²) in [4.78, 5) is 25.9. The second kappa shape index (κ2) is 4.33. The van der Waals surface area contributed by atoms with Gasteiger partial charge in [-0.05, 0) is 24.3 Å². The van der Waals surface area contributed by atoms with Crippen LogP contribution >= 0.6 is 0 Å². The molecule has 0 radical (unpaired) electrons. The number of amides is 1. The molecule has 22 heavy (non-hydrogen) atoms. The first kappa shape index (κ1) is 13.3. The van der Waals surface area contributed by atoms with Gasteiger partial charge in [0.2, 0.25) is 5.91 Å². The SMILES string of the molecule is COc1ccc(N2C[C@@]34C=C[C@@H](O3)[C@@H](C(=O)O)[C@H]4C2=O)cc1. The molecule has 3 heterocycles.